The third-order valence-electron chi connectivity index (χ3n) is 3.07. The van der Waals surface area contributed by atoms with Crippen LogP contribution in [0.3, 0.4) is 0 Å². The van der Waals surface area contributed by atoms with Gasteiger partial charge < -0.3 is 10.1 Å². The van der Waals surface area contributed by atoms with Crippen LogP contribution >= 0.6 is 11.8 Å². The van der Waals surface area contributed by atoms with E-state index < -0.39 is 0 Å². The van der Waals surface area contributed by atoms with E-state index in [-0.39, 0.29) is 0 Å². The van der Waals surface area contributed by atoms with Crippen LogP contribution in [0.4, 0.5) is 0 Å². The molecule has 3 heteroatoms. The van der Waals surface area contributed by atoms with Crippen LogP contribution in [-0.2, 0) is 6.42 Å². The Balaban J connectivity index is 2.58. The summed E-state index contributed by atoms with van der Waals surface area (Å²) < 4.78 is 5.42. The molecule has 1 aromatic carbocycles. The van der Waals surface area contributed by atoms with Crippen LogP contribution in [0, 0.1) is 5.92 Å². The lowest BCUT2D eigenvalue weighted by Crippen LogP contribution is -2.21. The molecule has 0 radical (unpaired) electrons. The van der Waals surface area contributed by atoms with Crippen molar-refractivity contribution in [2.24, 2.45) is 5.92 Å². The average Bonchev–Trinajstić information content (AvgIpc) is 2.40. The molecule has 1 aromatic rings. The van der Waals surface area contributed by atoms with Crippen LogP contribution in [0.25, 0.3) is 0 Å². The van der Waals surface area contributed by atoms with Crippen molar-refractivity contribution in [2.75, 3.05) is 32.2 Å². The fourth-order valence-electron chi connectivity index (χ4n) is 2.14. The second kappa shape index (κ2) is 9.29. The molecule has 0 bridgehead atoms. The first-order valence-electron chi connectivity index (χ1n) is 6.66. The number of para-hydroxylation sites is 1. The minimum Gasteiger partial charge on any atom is -0.496 e. The van der Waals surface area contributed by atoms with E-state index in [9.17, 15) is 0 Å². The highest BCUT2D eigenvalue weighted by Crippen LogP contribution is 2.23. The molecule has 1 N–H and O–H groups in total. The van der Waals surface area contributed by atoms with E-state index in [4.69, 9.17) is 4.74 Å². The molecule has 2 nitrogen and oxygen atoms in total. The van der Waals surface area contributed by atoms with Crippen molar-refractivity contribution >= 4 is 11.8 Å². The highest BCUT2D eigenvalue weighted by molar-refractivity contribution is 7.99. The van der Waals surface area contributed by atoms with E-state index in [1.165, 1.54) is 23.5 Å². The van der Waals surface area contributed by atoms with Gasteiger partial charge in [0.05, 0.1) is 7.11 Å². The van der Waals surface area contributed by atoms with Gasteiger partial charge in [0.15, 0.2) is 0 Å². The van der Waals surface area contributed by atoms with Crippen molar-refractivity contribution in [3.05, 3.63) is 29.8 Å². The maximum absolute atomic E-state index is 5.42. The normalized spacial score (nSPS) is 12.4. The Labute approximate surface area is 116 Å². The summed E-state index contributed by atoms with van der Waals surface area (Å²) in [6.07, 6.45) is 2.35. The minimum atomic E-state index is 0.686. The van der Waals surface area contributed by atoms with Gasteiger partial charge >= 0.3 is 0 Å². The van der Waals surface area contributed by atoms with E-state index in [0.29, 0.717) is 5.92 Å². The number of hydrogen-bond donors (Lipinski definition) is 1. The predicted octanol–water partition coefficient (Wildman–Crippen LogP) is 3.22. The first-order valence-corrected chi connectivity index (χ1v) is 7.81. The Morgan fingerprint density at radius 3 is 2.78 bits per heavy atom. The molecule has 0 aliphatic heterocycles. The van der Waals surface area contributed by atoms with Crippen molar-refractivity contribution in [1.29, 1.82) is 0 Å². The average molecular weight is 267 g/mol. The lowest BCUT2D eigenvalue weighted by Gasteiger charge is -2.18. The van der Waals surface area contributed by atoms with Crippen LogP contribution in [0.2, 0.25) is 0 Å². The van der Waals surface area contributed by atoms with Gasteiger partial charge in [-0.1, -0.05) is 25.1 Å². The van der Waals surface area contributed by atoms with Gasteiger partial charge in [0.1, 0.15) is 5.75 Å². The van der Waals surface area contributed by atoms with Gasteiger partial charge in [-0.15, -0.1) is 0 Å². The third kappa shape index (κ3) is 5.32. The smallest absolute Gasteiger partial charge is 0.122 e. The van der Waals surface area contributed by atoms with Gasteiger partial charge in [-0.05, 0) is 55.5 Å². The number of nitrogens with one attached hydrogen (secondary N) is 1. The number of methoxy groups -OCH3 is 1. The van der Waals surface area contributed by atoms with E-state index in [0.717, 1.165) is 18.7 Å². The van der Waals surface area contributed by atoms with Crippen molar-refractivity contribution in [3.8, 4) is 5.75 Å². The molecule has 18 heavy (non-hydrogen) atoms. The molecule has 0 aliphatic rings. The maximum Gasteiger partial charge on any atom is 0.122 e. The van der Waals surface area contributed by atoms with Crippen molar-refractivity contribution < 1.29 is 4.74 Å². The van der Waals surface area contributed by atoms with E-state index in [2.05, 4.69) is 24.4 Å². The van der Waals surface area contributed by atoms with E-state index in [1.807, 2.05) is 30.9 Å². The largest absolute Gasteiger partial charge is 0.496 e. The number of ether oxygens (including phenoxy) is 1. The molecular formula is C15H25NOS. The summed E-state index contributed by atoms with van der Waals surface area (Å²) in [5.74, 6) is 4.16. The fraction of sp³-hybridized carbons (Fsp3) is 0.600. The molecule has 0 amide bonds. The fourth-order valence-corrected chi connectivity index (χ4v) is 2.93. The van der Waals surface area contributed by atoms with Crippen molar-refractivity contribution in [1.82, 2.24) is 5.32 Å². The molecule has 1 unspecified atom stereocenters. The molecule has 1 rings (SSSR count). The Morgan fingerprint density at radius 2 is 2.11 bits per heavy atom. The second-order valence-electron chi connectivity index (χ2n) is 4.43. The van der Waals surface area contributed by atoms with Gasteiger partial charge in [-0.25, -0.2) is 0 Å². The van der Waals surface area contributed by atoms with Crippen LogP contribution in [0.15, 0.2) is 24.3 Å². The highest BCUT2D eigenvalue weighted by Gasteiger charge is 2.11. The summed E-state index contributed by atoms with van der Waals surface area (Å²) in [5.41, 5.74) is 1.32. The minimum absolute atomic E-state index is 0.686. The van der Waals surface area contributed by atoms with Gasteiger partial charge in [-0.2, -0.15) is 11.8 Å². The number of rotatable bonds is 9. The van der Waals surface area contributed by atoms with Gasteiger partial charge in [0.25, 0.3) is 0 Å². The lowest BCUT2D eigenvalue weighted by molar-refractivity contribution is 0.401. The third-order valence-corrected chi connectivity index (χ3v) is 4.00. The molecule has 0 saturated heterocycles. The summed E-state index contributed by atoms with van der Waals surface area (Å²) in [5, 5.41) is 3.30. The van der Waals surface area contributed by atoms with Crippen LogP contribution in [0.5, 0.6) is 5.75 Å². The zero-order valence-electron chi connectivity index (χ0n) is 11.7. The summed E-state index contributed by atoms with van der Waals surface area (Å²) in [4.78, 5) is 0. The lowest BCUT2D eigenvalue weighted by atomic mass is 9.96. The Bertz CT molecular complexity index is 330. The summed E-state index contributed by atoms with van der Waals surface area (Å²) in [6, 6.07) is 8.35. The Kier molecular flexibility index (Phi) is 7.94. The van der Waals surface area contributed by atoms with Crippen LogP contribution in [-0.4, -0.2) is 32.2 Å². The summed E-state index contributed by atoms with van der Waals surface area (Å²) in [7, 11) is 3.78. The second-order valence-corrected chi connectivity index (χ2v) is 5.82. The summed E-state index contributed by atoms with van der Waals surface area (Å²) >= 11 is 2.02. The molecule has 102 valence electrons. The Morgan fingerprint density at radius 1 is 1.33 bits per heavy atom. The molecule has 0 saturated carbocycles. The maximum atomic E-state index is 5.42. The topological polar surface area (TPSA) is 21.3 Å². The molecule has 0 aliphatic carbocycles. The number of thioether (sulfide) groups is 1. The number of benzene rings is 1. The first kappa shape index (κ1) is 15.4. The molecule has 0 fully saturated rings. The molecule has 0 spiro atoms. The van der Waals surface area contributed by atoms with Gasteiger partial charge in [0.2, 0.25) is 0 Å². The zero-order chi connectivity index (χ0) is 13.2. The monoisotopic (exact) mass is 267 g/mol. The predicted molar refractivity (Wildman–Crippen MR) is 81.7 cm³/mol. The molecule has 0 aromatic heterocycles. The van der Waals surface area contributed by atoms with Gasteiger partial charge in [-0.3, -0.25) is 0 Å². The Hall–Kier alpha value is -0.670. The highest BCUT2D eigenvalue weighted by atomic mass is 32.2. The van der Waals surface area contributed by atoms with Crippen LogP contribution in [0.1, 0.15) is 18.9 Å². The van der Waals surface area contributed by atoms with Crippen LogP contribution < -0.4 is 10.1 Å². The van der Waals surface area contributed by atoms with E-state index >= 15 is 0 Å². The quantitative estimate of drug-likeness (QED) is 0.694. The van der Waals surface area contributed by atoms with Crippen molar-refractivity contribution in [3.63, 3.8) is 0 Å². The molecule has 1 atom stereocenters. The summed E-state index contributed by atoms with van der Waals surface area (Å²) in [6.45, 7) is 3.29. The zero-order valence-corrected chi connectivity index (χ0v) is 12.6. The van der Waals surface area contributed by atoms with Crippen molar-refractivity contribution in [2.45, 2.75) is 19.8 Å². The van der Waals surface area contributed by atoms with Gasteiger partial charge in [0, 0.05) is 0 Å². The first-order chi connectivity index (χ1) is 8.81. The standard InChI is InChI=1S/C15H25NOS/c1-4-18-10-9-13(12-16-2)11-14-7-5-6-8-15(14)17-3/h5-8,13,16H,4,9-12H2,1-3H3. The molecule has 0 heterocycles. The SMILES string of the molecule is CCSCCC(CNC)Cc1ccccc1OC. The number of hydrogen-bond acceptors (Lipinski definition) is 3. The molecular weight excluding hydrogens is 242 g/mol. The van der Waals surface area contributed by atoms with E-state index in [1.54, 1.807) is 7.11 Å².